The SMILES string of the molecule is Cc1ccn2ncc(-c3ncc4ncn([C@H]5CCCNC5)c4n3)c2c1.Cl. The Bertz CT molecular complexity index is 1060. The number of piperidine rings is 1. The van der Waals surface area contributed by atoms with Gasteiger partial charge in [-0.25, -0.2) is 19.5 Å². The second kappa shape index (κ2) is 6.66. The maximum atomic E-state index is 4.84. The normalized spacial score (nSPS) is 17.5. The van der Waals surface area contributed by atoms with E-state index in [0.29, 0.717) is 11.9 Å². The van der Waals surface area contributed by atoms with Gasteiger partial charge in [0.25, 0.3) is 0 Å². The summed E-state index contributed by atoms with van der Waals surface area (Å²) in [5, 5.41) is 7.88. The van der Waals surface area contributed by atoms with Crippen molar-refractivity contribution in [3.8, 4) is 11.4 Å². The zero-order valence-corrected chi connectivity index (χ0v) is 15.3. The fourth-order valence-electron chi connectivity index (χ4n) is 3.55. The van der Waals surface area contributed by atoms with Gasteiger partial charge >= 0.3 is 0 Å². The Kier molecular flexibility index (Phi) is 4.34. The highest BCUT2D eigenvalue weighted by atomic mass is 35.5. The van der Waals surface area contributed by atoms with E-state index in [1.54, 1.807) is 0 Å². The molecule has 0 radical (unpaired) electrons. The number of hydrogen-bond acceptors (Lipinski definition) is 5. The Labute approximate surface area is 156 Å². The average molecular weight is 370 g/mol. The molecule has 134 valence electrons. The van der Waals surface area contributed by atoms with Crippen molar-refractivity contribution in [1.82, 2.24) is 34.4 Å². The number of aryl methyl sites for hydroxylation is 1. The van der Waals surface area contributed by atoms with Crippen LogP contribution in [0.25, 0.3) is 28.1 Å². The Balaban J connectivity index is 0.00000168. The molecule has 1 fully saturated rings. The molecule has 1 atom stereocenters. The number of nitrogens with zero attached hydrogens (tertiary/aromatic N) is 6. The molecular formula is C18H20ClN7. The number of rotatable bonds is 2. The van der Waals surface area contributed by atoms with Gasteiger partial charge in [0.2, 0.25) is 0 Å². The lowest BCUT2D eigenvalue weighted by molar-refractivity contribution is 0.376. The minimum absolute atomic E-state index is 0. The van der Waals surface area contributed by atoms with E-state index in [1.807, 2.05) is 35.5 Å². The van der Waals surface area contributed by atoms with Crippen molar-refractivity contribution in [3.63, 3.8) is 0 Å². The number of pyridine rings is 1. The zero-order valence-electron chi connectivity index (χ0n) is 14.5. The molecule has 4 aromatic heterocycles. The molecule has 8 heteroatoms. The number of imidazole rings is 1. The van der Waals surface area contributed by atoms with Crippen molar-refractivity contribution in [3.05, 3.63) is 42.6 Å². The summed E-state index contributed by atoms with van der Waals surface area (Å²) >= 11 is 0. The summed E-state index contributed by atoms with van der Waals surface area (Å²) in [6.07, 6.45) is 9.82. The fourth-order valence-corrected chi connectivity index (χ4v) is 3.55. The first kappa shape index (κ1) is 16.9. The molecule has 1 saturated heterocycles. The molecule has 0 aliphatic carbocycles. The van der Waals surface area contributed by atoms with E-state index in [-0.39, 0.29) is 12.4 Å². The molecule has 5 rings (SSSR count). The summed E-state index contributed by atoms with van der Waals surface area (Å²) in [6.45, 7) is 4.12. The van der Waals surface area contributed by atoms with Crippen molar-refractivity contribution in [2.24, 2.45) is 0 Å². The molecule has 0 bridgehead atoms. The minimum atomic E-state index is 0. The van der Waals surface area contributed by atoms with E-state index in [2.05, 4.69) is 37.9 Å². The topological polar surface area (TPSA) is 72.9 Å². The maximum Gasteiger partial charge on any atom is 0.165 e. The van der Waals surface area contributed by atoms with Gasteiger partial charge in [0.05, 0.1) is 29.8 Å². The van der Waals surface area contributed by atoms with Crippen LogP contribution < -0.4 is 5.32 Å². The molecule has 0 unspecified atom stereocenters. The molecule has 1 N–H and O–H groups in total. The van der Waals surface area contributed by atoms with Crippen LogP contribution in [0.3, 0.4) is 0 Å². The Morgan fingerprint density at radius 3 is 3.00 bits per heavy atom. The van der Waals surface area contributed by atoms with E-state index >= 15 is 0 Å². The first-order chi connectivity index (χ1) is 12.3. The van der Waals surface area contributed by atoms with E-state index in [1.165, 1.54) is 12.0 Å². The molecular weight excluding hydrogens is 350 g/mol. The van der Waals surface area contributed by atoms with Crippen molar-refractivity contribution in [1.29, 1.82) is 0 Å². The molecule has 1 aliphatic rings. The minimum Gasteiger partial charge on any atom is -0.315 e. The van der Waals surface area contributed by atoms with Crippen LogP contribution in [0.4, 0.5) is 0 Å². The highest BCUT2D eigenvalue weighted by Crippen LogP contribution is 2.25. The summed E-state index contributed by atoms with van der Waals surface area (Å²) < 4.78 is 4.04. The quantitative estimate of drug-likeness (QED) is 0.588. The standard InChI is InChI=1S/C18H19N7.ClH/c1-12-4-6-25-16(7-12)14(9-22-25)17-20-10-15-18(23-17)24(11-21-15)13-3-2-5-19-8-13;/h4,6-7,9-11,13,19H,2-3,5,8H2,1H3;1H/t13-;/m0./s1. The summed E-state index contributed by atoms with van der Waals surface area (Å²) in [5.41, 5.74) is 4.88. The van der Waals surface area contributed by atoms with Crippen molar-refractivity contribution in [2.75, 3.05) is 13.1 Å². The third-order valence-corrected chi connectivity index (χ3v) is 4.90. The van der Waals surface area contributed by atoms with Gasteiger partial charge in [0.1, 0.15) is 5.52 Å². The van der Waals surface area contributed by atoms with E-state index < -0.39 is 0 Å². The lowest BCUT2D eigenvalue weighted by Crippen LogP contribution is -2.31. The van der Waals surface area contributed by atoms with Gasteiger partial charge in [-0.2, -0.15) is 5.10 Å². The number of hydrogen-bond donors (Lipinski definition) is 1. The van der Waals surface area contributed by atoms with Crippen molar-refractivity contribution >= 4 is 29.1 Å². The van der Waals surface area contributed by atoms with E-state index in [0.717, 1.165) is 41.8 Å². The third-order valence-electron chi connectivity index (χ3n) is 4.90. The van der Waals surface area contributed by atoms with Gasteiger partial charge in [-0.15, -0.1) is 12.4 Å². The largest absolute Gasteiger partial charge is 0.315 e. The van der Waals surface area contributed by atoms with Gasteiger partial charge in [-0.05, 0) is 44.0 Å². The summed E-state index contributed by atoms with van der Waals surface area (Å²) in [5.74, 6) is 0.693. The lowest BCUT2D eigenvalue weighted by Gasteiger charge is -2.24. The number of aromatic nitrogens is 6. The van der Waals surface area contributed by atoms with Crippen LogP contribution in [-0.2, 0) is 0 Å². The Morgan fingerprint density at radius 1 is 1.23 bits per heavy atom. The molecule has 4 aromatic rings. The van der Waals surface area contributed by atoms with Crippen LogP contribution in [0, 0.1) is 6.92 Å². The molecule has 5 heterocycles. The van der Waals surface area contributed by atoms with E-state index in [9.17, 15) is 0 Å². The Hall–Kier alpha value is -2.51. The van der Waals surface area contributed by atoms with Crippen molar-refractivity contribution < 1.29 is 0 Å². The first-order valence-electron chi connectivity index (χ1n) is 8.64. The van der Waals surface area contributed by atoms with Crippen molar-refractivity contribution in [2.45, 2.75) is 25.8 Å². The monoisotopic (exact) mass is 369 g/mol. The predicted octanol–water partition coefficient (Wildman–Crippen LogP) is 2.80. The number of halogens is 1. The molecule has 0 spiro atoms. The van der Waals surface area contributed by atoms with Gasteiger partial charge in [0.15, 0.2) is 11.5 Å². The van der Waals surface area contributed by atoms with Gasteiger partial charge < -0.3 is 9.88 Å². The van der Waals surface area contributed by atoms with Crippen LogP contribution in [0.1, 0.15) is 24.4 Å². The van der Waals surface area contributed by atoms with Gasteiger partial charge in [0, 0.05) is 18.8 Å². The van der Waals surface area contributed by atoms with Crippen LogP contribution in [-0.4, -0.2) is 42.2 Å². The number of nitrogens with one attached hydrogen (secondary N) is 1. The van der Waals surface area contributed by atoms with Gasteiger partial charge in [-0.3, -0.25) is 0 Å². The number of fused-ring (bicyclic) bond motifs is 2. The first-order valence-corrected chi connectivity index (χ1v) is 8.64. The summed E-state index contributed by atoms with van der Waals surface area (Å²) in [4.78, 5) is 13.9. The highest BCUT2D eigenvalue weighted by molar-refractivity contribution is 5.85. The molecule has 0 saturated carbocycles. The molecule has 0 amide bonds. The molecule has 26 heavy (non-hydrogen) atoms. The van der Waals surface area contributed by atoms with E-state index in [4.69, 9.17) is 4.98 Å². The smallest absolute Gasteiger partial charge is 0.165 e. The zero-order chi connectivity index (χ0) is 16.8. The van der Waals surface area contributed by atoms with Crippen LogP contribution in [0.15, 0.2) is 37.1 Å². The maximum absolute atomic E-state index is 4.84. The third kappa shape index (κ3) is 2.73. The highest BCUT2D eigenvalue weighted by Gasteiger charge is 2.19. The van der Waals surface area contributed by atoms with Crippen LogP contribution >= 0.6 is 12.4 Å². The fraction of sp³-hybridized carbons (Fsp3) is 0.333. The second-order valence-electron chi connectivity index (χ2n) is 6.65. The summed E-state index contributed by atoms with van der Waals surface area (Å²) in [6, 6.07) is 4.55. The molecule has 7 nitrogen and oxygen atoms in total. The predicted molar refractivity (Wildman–Crippen MR) is 103 cm³/mol. The average Bonchev–Trinajstić information content (AvgIpc) is 3.25. The van der Waals surface area contributed by atoms with Crippen LogP contribution in [0.2, 0.25) is 0 Å². The summed E-state index contributed by atoms with van der Waals surface area (Å²) in [7, 11) is 0. The second-order valence-corrected chi connectivity index (χ2v) is 6.65. The molecule has 0 aromatic carbocycles. The Morgan fingerprint density at radius 2 is 2.15 bits per heavy atom. The lowest BCUT2D eigenvalue weighted by atomic mass is 10.1. The molecule has 1 aliphatic heterocycles. The van der Waals surface area contributed by atoms with Crippen LogP contribution in [0.5, 0.6) is 0 Å². The van der Waals surface area contributed by atoms with Gasteiger partial charge in [-0.1, -0.05) is 0 Å².